The summed E-state index contributed by atoms with van der Waals surface area (Å²) in [6, 6.07) is 33.7. The van der Waals surface area contributed by atoms with E-state index in [1.54, 1.807) is 42.5 Å². The van der Waals surface area contributed by atoms with Gasteiger partial charge in [0, 0.05) is 23.6 Å². The fraction of sp³-hybridized carbons (Fsp3) is 0. The van der Waals surface area contributed by atoms with Crippen molar-refractivity contribution >= 4 is 46.8 Å². The molecule has 1 heterocycles. The molecule has 194 valence electrons. The molecule has 0 aliphatic heterocycles. The highest BCUT2D eigenvalue weighted by Crippen LogP contribution is 2.26. The Kier molecular flexibility index (Phi) is 8.14. The molecule has 4 aromatic carbocycles. The van der Waals surface area contributed by atoms with Gasteiger partial charge in [-0.3, -0.25) is 0 Å². The third-order valence-electron chi connectivity index (χ3n) is 5.49. The standard InChI is InChI=1S/C31H23N7O2/c39-28-16-14-26(37-35-24-8-3-1-4-9-24)18-22(28)20-32-30-12-7-13-31(34-30)33-21-23-19-27(15-17-29(23)40)38-36-25-10-5-2-6-11-25/h1-21,39-40H/b32-20+,33-21?,37-35?,38-36?. The van der Waals surface area contributed by atoms with Crippen LogP contribution in [-0.4, -0.2) is 27.6 Å². The van der Waals surface area contributed by atoms with Crippen LogP contribution in [0.25, 0.3) is 0 Å². The van der Waals surface area contributed by atoms with E-state index in [-0.39, 0.29) is 11.5 Å². The second-order valence-electron chi connectivity index (χ2n) is 8.43. The predicted octanol–water partition coefficient (Wildman–Crippen LogP) is 8.82. The highest BCUT2D eigenvalue weighted by atomic mass is 16.3. The summed E-state index contributed by atoms with van der Waals surface area (Å²) in [7, 11) is 0. The molecule has 0 unspecified atom stereocenters. The van der Waals surface area contributed by atoms with Gasteiger partial charge in [0.2, 0.25) is 0 Å². The number of hydrogen-bond acceptors (Lipinski definition) is 9. The fourth-order valence-corrected chi connectivity index (χ4v) is 3.46. The van der Waals surface area contributed by atoms with E-state index >= 15 is 0 Å². The fourth-order valence-electron chi connectivity index (χ4n) is 3.46. The zero-order valence-corrected chi connectivity index (χ0v) is 21.1. The lowest BCUT2D eigenvalue weighted by molar-refractivity contribution is 0.474. The molecule has 1 aromatic heterocycles. The van der Waals surface area contributed by atoms with E-state index < -0.39 is 0 Å². The highest BCUT2D eigenvalue weighted by Gasteiger charge is 2.03. The molecule has 2 N–H and O–H groups in total. The number of benzene rings is 4. The first-order valence-electron chi connectivity index (χ1n) is 12.3. The molecule has 0 spiro atoms. The first-order chi connectivity index (χ1) is 19.6. The van der Waals surface area contributed by atoms with E-state index in [0.717, 1.165) is 11.4 Å². The molecule has 5 aromatic rings. The van der Waals surface area contributed by atoms with Gasteiger partial charge in [-0.2, -0.15) is 20.5 Å². The molecule has 0 aliphatic rings. The molecule has 0 atom stereocenters. The lowest BCUT2D eigenvalue weighted by Gasteiger charge is -2.01. The predicted molar refractivity (Wildman–Crippen MR) is 156 cm³/mol. The Labute approximate surface area is 230 Å². The lowest BCUT2D eigenvalue weighted by atomic mass is 10.2. The summed E-state index contributed by atoms with van der Waals surface area (Å²) >= 11 is 0. The topological polar surface area (TPSA) is 128 Å². The number of phenols is 2. The Hall–Kier alpha value is -5.83. The normalized spacial score (nSPS) is 11.8. The first-order valence-corrected chi connectivity index (χ1v) is 12.3. The number of rotatable bonds is 8. The van der Waals surface area contributed by atoms with Crippen LogP contribution < -0.4 is 0 Å². The maximum Gasteiger partial charge on any atom is 0.154 e. The summed E-state index contributed by atoms with van der Waals surface area (Å²) < 4.78 is 0. The van der Waals surface area contributed by atoms with Crippen LogP contribution >= 0.6 is 0 Å². The summed E-state index contributed by atoms with van der Waals surface area (Å²) in [6.07, 6.45) is 3.00. The second kappa shape index (κ2) is 12.6. The van der Waals surface area contributed by atoms with Gasteiger partial charge in [0.1, 0.15) is 11.5 Å². The van der Waals surface area contributed by atoms with Gasteiger partial charge in [-0.25, -0.2) is 15.0 Å². The lowest BCUT2D eigenvalue weighted by Crippen LogP contribution is -1.84. The number of phenolic OH excluding ortho intramolecular Hbond substituents is 2. The number of aliphatic imine (C=N–C) groups is 2. The minimum absolute atomic E-state index is 0.0522. The van der Waals surface area contributed by atoms with Crippen molar-refractivity contribution in [2.24, 2.45) is 30.4 Å². The quantitative estimate of drug-likeness (QED) is 0.155. The van der Waals surface area contributed by atoms with Gasteiger partial charge in [-0.15, -0.1) is 0 Å². The Morgan fingerprint density at radius 3 is 1.32 bits per heavy atom. The molecule has 0 fully saturated rings. The molecule has 9 nitrogen and oxygen atoms in total. The largest absolute Gasteiger partial charge is 0.507 e. The molecule has 0 radical (unpaired) electrons. The summed E-state index contributed by atoms with van der Waals surface area (Å²) in [5, 5.41) is 37.4. The zero-order valence-electron chi connectivity index (χ0n) is 21.1. The molecular weight excluding hydrogens is 502 g/mol. The van der Waals surface area contributed by atoms with E-state index in [1.807, 2.05) is 60.7 Å². The summed E-state index contributed by atoms with van der Waals surface area (Å²) in [5.74, 6) is 0.882. The SMILES string of the molecule is Oc1ccc(N=Nc2ccccc2)cc1C=Nc1cccc(/N=C/c2cc(N=Nc3ccccc3)ccc2O)n1. The highest BCUT2D eigenvalue weighted by molar-refractivity contribution is 5.87. The van der Waals surface area contributed by atoms with Gasteiger partial charge >= 0.3 is 0 Å². The molecule has 0 amide bonds. The Morgan fingerprint density at radius 2 is 0.875 bits per heavy atom. The minimum atomic E-state index is 0.0522. The van der Waals surface area contributed by atoms with E-state index in [4.69, 9.17) is 0 Å². The van der Waals surface area contributed by atoms with Gasteiger partial charge in [0.25, 0.3) is 0 Å². The van der Waals surface area contributed by atoms with E-state index in [2.05, 4.69) is 35.4 Å². The van der Waals surface area contributed by atoms with Crippen molar-refractivity contribution in [2.45, 2.75) is 0 Å². The molecule has 0 saturated heterocycles. The summed E-state index contributed by atoms with van der Waals surface area (Å²) in [4.78, 5) is 13.2. The number of azo groups is 2. The van der Waals surface area contributed by atoms with Crippen LogP contribution in [0, 0.1) is 0 Å². The van der Waals surface area contributed by atoms with Crippen LogP contribution in [0.2, 0.25) is 0 Å². The van der Waals surface area contributed by atoms with Crippen molar-refractivity contribution in [2.75, 3.05) is 0 Å². The number of pyridine rings is 1. The molecule has 5 rings (SSSR count). The molecule has 0 saturated carbocycles. The van der Waals surface area contributed by atoms with Gasteiger partial charge < -0.3 is 10.2 Å². The molecule has 0 bridgehead atoms. The second-order valence-corrected chi connectivity index (χ2v) is 8.43. The molecular formula is C31H23N7O2. The number of nitrogens with zero attached hydrogens (tertiary/aromatic N) is 7. The van der Waals surface area contributed by atoms with Gasteiger partial charge in [-0.05, 0) is 72.8 Å². The summed E-state index contributed by atoms with van der Waals surface area (Å²) in [6.45, 7) is 0. The third-order valence-corrected chi connectivity index (χ3v) is 5.49. The van der Waals surface area contributed by atoms with Crippen molar-refractivity contribution in [3.63, 3.8) is 0 Å². The van der Waals surface area contributed by atoms with Crippen molar-refractivity contribution < 1.29 is 10.2 Å². The monoisotopic (exact) mass is 525 g/mol. The van der Waals surface area contributed by atoms with E-state index in [9.17, 15) is 10.2 Å². The average molecular weight is 526 g/mol. The van der Waals surface area contributed by atoms with Crippen molar-refractivity contribution in [3.05, 3.63) is 126 Å². The molecule has 40 heavy (non-hydrogen) atoms. The van der Waals surface area contributed by atoms with Crippen LogP contribution in [0.4, 0.5) is 34.4 Å². The maximum atomic E-state index is 10.3. The van der Waals surface area contributed by atoms with Crippen molar-refractivity contribution in [3.8, 4) is 11.5 Å². The van der Waals surface area contributed by atoms with E-state index in [1.165, 1.54) is 24.6 Å². The summed E-state index contributed by atoms with van der Waals surface area (Å²) in [5.41, 5.74) is 3.52. The smallest absolute Gasteiger partial charge is 0.154 e. The first kappa shape index (κ1) is 25.8. The zero-order chi connectivity index (χ0) is 27.6. The third kappa shape index (κ3) is 7.14. The molecule has 9 heteroatoms. The van der Waals surface area contributed by atoms with Crippen LogP contribution in [0.1, 0.15) is 11.1 Å². The van der Waals surface area contributed by atoms with Crippen LogP contribution in [0.15, 0.2) is 146 Å². The Balaban J connectivity index is 1.30. The van der Waals surface area contributed by atoms with Crippen LogP contribution in [0.3, 0.4) is 0 Å². The van der Waals surface area contributed by atoms with Gasteiger partial charge in [-0.1, -0.05) is 42.5 Å². The van der Waals surface area contributed by atoms with Crippen LogP contribution in [0.5, 0.6) is 11.5 Å². The number of hydrogen-bond donors (Lipinski definition) is 2. The van der Waals surface area contributed by atoms with Crippen molar-refractivity contribution in [1.82, 2.24) is 4.98 Å². The average Bonchev–Trinajstić information content (AvgIpc) is 3.00. The molecule has 0 aliphatic carbocycles. The Bertz CT molecular complexity index is 1590. The van der Waals surface area contributed by atoms with Gasteiger partial charge in [0.15, 0.2) is 11.6 Å². The van der Waals surface area contributed by atoms with E-state index in [0.29, 0.717) is 34.1 Å². The minimum Gasteiger partial charge on any atom is -0.507 e. The van der Waals surface area contributed by atoms with Crippen molar-refractivity contribution in [1.29, 1.82) is 0 Å². The van der Waals surface area contributed by atoms with Crippen LogP contribution in [-0.2, 0) is 0 Å². The van der Waals surface area contributed by atoms with Gasteiger partial charge in [0.05, 0.1) is 22.7 Å². The maximum absolute atomic E-state index is 10.3. The number of aromatic hydroxyl groups is 2. The number of aromatic nitrogens is 1. The Morgan fingerprint density at radius 1 is 0.450 bits per heavy atom.